The third kappa shape index (κ3) is 6.08. The fraction of sp³-hybridized carbons (Fsp3) is 0.875. The van der Waals surface area contributed by atoms with Crippen molar-refractivity contribution in [1.29, 1.82) is 0 Å². The molecular formula is C16H31ClO5Si. The largest absolute Gasteiger partial charge is 0.465 e. The molecule has 0 spiro atoms. The van der Waals surface area contributed by atoms with Crippen molar-refractivity contribution in [3.63, 3.8) is 0 Å². The molecule has 0 N–H and O–H groups in total. The van der Waals surface area contributed by atoms with E-state index in [1.807, 2.05) is 0 Å². The number of alkyl halides is 1. The van der Waals surface area contributed by atoms with E-state index in [-0.39, 0.29) is 24.1 Å². The molecule has 0 aliphatic rings. The van der Waals surface area contributed by atoms with E-state index in [2.05, 4.69) is 33.9 Å². The van der Waals surface area contributed by atoms with Crippen molar-refractivity contribution in [2.75, 3.05) is 19.1 Å². The summed E-state index contributed by atoms with van der Waals surface area (Å²) in [5, 5.41) is 0.0125. The number of rotatable bonds is 8. The summed E-state index contributed by atoms with van der Waals surface area (Å²) in [6, 6.07) is 0. The first-order chi connectivity index (χ1) is 10.3. The number of hydrogen-bond acceptors (Lipinski definition) is 5. The summed E-state index contributed by atoms with van der Waals surface area (Å²) in [7, 11) is -2.05. The van der Waals surface area contributed by atoms with Crippen LogP contribution in [0.1, 0.15) is 41.5 Å². The highest BCUT2D eigenvalue weighted by atomic mass is 35.5. The molecule has 0 unspecified atom stereocenters. The van der Waals surface area contributed by atoms with Crippen LogP contribution in [0.5, 0.6) is 0 Å². The normalized spacial score (nSPS) is 16.4. The van der Waals surface area contributed by atoms with E-state index in [4.69, 9.17) is 25.5 Å². The molecule has 0 aliphatic carbocycles. The van der Waals surface area contributed by atoms with Crippen LogP contribution in [0.15, 0.2) is 0 Å². The maximum Gasteiger partial charge on any atom is 0.321 e. The maximum absolute atomic E-state index is 12.4. The fourth-order valence-electron chi connectivity index (χ4n) is 1.54. The Balaban J connectivity index is 5.30. The van der Waals surface area contributed by atoms with E-state index in [9.17, 15) is 9.59 Å². The van der Waals surface area contributed by atoms with Crippen molar-refractivity contribution < 1.29 is 23.5 Å². The summed E-state index contributed by atoms with van der Waals surface area (Å²) in [6.07, 6.45) is -0.697. The summed E-state index contributed by atoms with van der Waals surface area (Å²) in [5.41, 5.74) is -1.08. The molecule has 5 nitrogen and oxygen atoms in total. The van der Waals surface area contributed by atoms with Crippen LogP contribution >= 0.6 is 11.6 Å². The molecule has 0 radical (unpaired) electrons. The molecule has 0 aliphatic heterocycles. The predicted molar refractivity (Wildman–Crippen MR) is 94.2 cm³/mol. The van der Waals surface area contributed by atoms with Crippen molar-refractivity contribution in [3.05, 3.63) is 0 Å². The van der Waals surface area contributed by atoms with Crippen LogP contribution in [-0.4, -0.2) is 45.5 Å². The average Bonchev–Trinajstić information content (AvgIpc) is 2.43. The van der Waals surface area contributed by atoms with Crippen LogP contribution in [0.2, 0.25) is 18.1 Å². The van der Waals surface area contributed by atoms with Gasteiger partial charge in [0, 0.05) is 0 Å². The van der Waals surface area contributed by atoms with Crippen LogP contribution in [0.25, 0.3) is 0 Å². The van der Waals surface area contributed by atoms with Gasteiger partial charge in [0.05, 0.1) is 13.2 Å². The van der Waals surface area contributed by atoms with Gasteiger partial charge in [-0.2, -0.15) is 0 Å². The molecule has 2 atom stereocenters. The number of carbonyl (C=O) groups is 2. The Kier molecular flexibility index (Phi) is 8.27. The van der Waals surface area contributed by atoms with Crippen molar-refractivity contribution in [2.24, 2.45) is 5.41 Å². The molecular weight excluding hydrogens is 336 g/mol. The molecule has 136 valence electrons. The number of hydrogen-bond donors (Lipinski definition) is 0. The molecule has 0 heterocycles. The Morgan fingerprint density at radius 3 is 2.09 bits per heavy atom. The lowest BCUT2D eigenvalue weighted by Crippen LogP contribution is -2.50. The fourth-order valence-corrected chi connectivity index (χ4v) is 2.70. The van der Waals surface area contributed by atoms with E-state index in [0.717, 1.165) is 0 Å². The lowest BCUT2D eigenvalue weighted by atomic mass is 9.86. The smallest absolute Gasteiger partial charge is 0.321 e. The van der Waals surface area contributed by atoms with Crippen molar-refractivity contribution in [1.82, 2.24) is 0 Å². The highest BCUT2D eigenvalue weighted by molar-refractivity contribution is 6.74. The van der Waals surface area contributed by atoms with E-state index in [1.165, 1.54) is 0 Å². The van der Waals surface area contributed by atoms with Crippen molar-refractivity contribution in [2.45, 2.75) is 65.8 Å². The maximum atomic E-state index is 12.4. The van der Waals surface area contributed by atoms with Crippen LogP contribution < -0.4 is 0 Å². The SMILES string of the molecule is CCOC(=O)[C@](C)(CO[Si](C)(C)C(C)(C)C)[C@@H](C)OC(=O)CCl. The Morgan fingerprint density at radius 2 is 1.70 bits per heavy atom. The first-order valence-corrected chi connectivity index (χ1v) is 11.3. The van der Waals surface area contributed by atoms with Gasteiger partial charge < -0.3 is 13.9 Å². The first-order valence-electron chi connectivity index (χ1n) is 7.88. The van der Waals surface area contributed by atoms with Crippen LogP contribution in [0, 0.1) is 5.41 Å². The molecule has 0 saturated heterocycles. The van der Waals surface area contributed by atoms with Gasteiger partial charge in [0.1, 0.15) is 17.4 Å². The third-order valence-electron chi connectivity index (χ3n) is 4.60. The second-order valence-electron chi connectivity index (χ2n) is 7.45. The lowest BCUT2D eigenvalue weighted by Gasteiger charge is -2.40. The lowest BCUT2D eigenvalue weighted by molar-refractivity contribution is -0.172. The van der Waals surface area contributed by atoms with E-state index in [0.29, 0.717) is 0 Å². The van der Waals surface area contributed by atoms with Crippen LogP contribution in [0.3, 0.4) is 0 Å². The summed E-state index contributed by atoms with van der Waals surface area (Å²) in [5.74, 6) is -1.26. The van der Waals surface area contributed by atoms with Gasteiger partial charge >= 0.3 is 11.9 Å². The number of ether oxygens (including phenoxy) is 2. The van der Waals surface area contributed by atoms with Gasteiger partial charge in [-0.05, 0) is 38.9 Å². The average molecular weight is 367 g/mol. The molecule has 23 heavy (non-hydrogen) atoms. The predicted octanol–water partition coefficient (Wildman–Crippen LogP) is 3.75. The van der Waals surface area contributed by atoms with Gasteiger partial charge in [-0.3, -0.25) is 9.59 Å². The molecule has 0 aromatic heterocycles. The molecule has 0 amide bonds. The molecule has 7 heteroatoms. The Morgan fingerprint density at radius 1 is 1.17 bits per heavy atom. The second kappa shape index (κ2) is 8.49. The van der Waals surface area contributed by atoms with Gasteiger partial charge in [-0.15, -0.1) is 11.6 Å². The second-order valence-corrected chi connectivity index (χ2v) is 12.5. The van der Waals surface area contributed by atoms with E-state index < -0.39 is 31.8 Å². The molecule has 0 fully saturated rings. The molecule has 0 aromatic rings. The molecule has 0 aromatic carbocycles. The Labute approximate surface area is 146 Å². The Bertz CT molecular complexity index is 419. The van der Waals surface area contributed by atoms with E-state index >= 15 is 0 Å². The molecule has 0 saturated carbocycles. The number of halogens is 1. The van der Waals surface area contributed by atoms with Gasteiger partial charge in [-0.25, -0.2) is 0 Å². The minimum atomic E-state index is -2.05. The summed E-state index contributed by atoms with van der Waals surface area (Å²) >= 11 is 5.48. The van der Waals surface area contributed by atoms with Gasteiger partial charge in [0.25, 0.3) is 0 Å². The Hall–Kier alpha value is -0.593. The molecule has 0 bridgehead atoms. The topological polar surface area (TPSA) is 61.8 Å². The standard InChI is InChI=1S/C16H31ClO5Si/c1-9-20-14(19)16(6,12(2)22-13(18)10-17)11-21-23(7,8)15(3,4)5/h12H,9-11H2,1-8H3/t12-,16-/m1/s1. The zero-order chi connectivity index (χ0) is 18.5. The van der Waals surface area contributed by atoms with Gasteiger partial charge in [-0.1, -0.05) is 20.8 Å². The number of esters is 2. The summed E-state index contributed by atoms with van der Waals surface area (Å²) in [4.78, 5) is 23.9. The zero-order valence-corrected chi connectivity index (χ0v) is 17.4. The van der Waals surface area contributed by atoms with Crippen molar-refractivity contribution in [3.8, 4) is 0 Å². The highest BCUT2D eigenvalue weighted by Gasteiger charge is 2.46. The zero-order valence-electron chi connectivity index (χ0n) is 15.6. The van der Waals surface area contributed by atoms with Crippen molar-refractivity contribution >= 4 is 31.9 Å². The van der Waals surface area contributed by atoms with Crippen LogP contribution in [0.4, 0.5) is 0 Å². The minimum Gasteiger partial charge on any atom is -0.465 e. The third-order valence-corrected chi connectivity index (χ3v) is 9.29. The monoisotopic (exact) mass is 366 g/mol. The summed E-state index contributed by atoms with van der Waals surface area (Å²) < 4.78 is 16.6. The van der Waals surface area contributed by atoms with Gasteiger partial charge in [0.2, 0.25) is 0 Å². The highest BCUT2D eigenvalue weighted by Crippen LogP contribution is 2.38. The number of carbonyl (C=O) groups excluding carboxylic acids is 2. The summed E-state index contributed by atoms with van der Waals surface area (Å²) in [6.45, 7) is 16.1. The van der Waals surface area contributed by atoms with E-state index in [1.54, 1.807) is 20.8 Å². The quantitative estimate of drug-likeness (QED) is 0.372. The van der Waals surface area contributed by atoms with Crippen LogP contribution in [-0.2, 0) is 23.5 Å². The first kappa shape index (κ1) is 22.4. The molecule has 0 rings (SSSR count). The minimum absolute atomic E-state index is 0.0125. The van der Waals surface area contributed by atoms with Gasteiger partial charge in [0.15, 0.2) is 8.32 Å².